The first-order chi connectivity index (χ1) is 8.93. The van der Waals surface area contributed by atoms with Crippen molar-refractivity contribution in [2.75, 3.05) is 6.16 Å². The molecule has 0 saturated carbocycles. The molecule has 1 rings (SSSR count). The van der Waals surface area contributed by atoms with Gasteiger partial charge in [0.25, 0.3) is 0 Å². The molecular formula is C16H29P2+. The molecule has 0 amide bonds. The summed E-state index contributed by atoms with van der Waals surface area (Å²) < 4.78 is 0. The maximum absolute atomic E-state index is 2.29. The van der Waals surface area contributed by atoms with Crippen molar-refractivity contribution < 1.29 is 0 Å². The molecule has 0 bridgehead atoms. The summed E-state index contributed by atoms with van der Waals surface area (Å²) >= 11 is 0. The summed E-state index contributed by atoms with van der Waals surface area (Å²) in [5.41, 5.74) is 0. The third-order valence-electron chi connectivity index (χ3n) is 3.24. The van der Waals surface area contributed by atoms with Crippen molar-refractivity contribution in [3.05, 3.63) is 30.3 Å². The van der Waals surface area contributed by atoms with Gasteiger partial charge in [0.05, 0.1) is 14.4 Å². The third kappa shape index (κ3) is 9.07. The van der Waals surface area contributed by atoms with E-state index in [-0.39, 0.29) is 0 Å². The van der Waals surface area contributed by atoms with Gasteiger partial charge in [0, 0.05) is 13.6 Å². The van der Waals surface area contributed by atoms with E-state index >= 15 is 0 Å². The molecular weight excluding hydrogens is 254 g/mol. The van der Waals surface area contributed by atoms with Crippen LogP contribution in [0.25, 0.3) is 0 Å². The highest BCUT2D eigenvalue weighted by atomic mass is 32.0. The molecule has 102 valence electrons. The molecule has 0 fully saturated rings. The van der Waals surface area contributed by atoms with E-state index in [1.165, 1.54) is 57.5 Å². The zero-order valence-corrected chi connectivity index (χ0v) is 14.0. The van der Waals surface area contributed by atoms with Gasteiger partial charge in [-0.3, -0.25) is 0 Å². The van der Waals surface area contributed by atoms with E-state index in [9.17, 15) is 0 Å². The molecule has 0 aliphatic carbocycles. The molecule has 0 heterocycles. The van der Waals surface area contributed by atoms with Crippen LogP contribution >= 0.6 is 16.5 Å². The van der Waals surface area contributed by atoms with Crippen LogP contribution in [-0.2, 0) is 0 Å². The van der Waals surface area contributed by atoms with E-state index in [0.29, 0.717) is 8.27 Å². The minimum atomic E-state index is 0.671. The molecule has 0 nitrogen and oxygen atoms in total. The first kappa shape index (κ1) is 16.1. The van der Waals surface area contributed by atoms with Gasteiger partial charge in [-0.25, -0.2) is 0 Å². The highest BCUT2D eigenvalue weighted by Gasteiger charge is 1.98. The summed E-state index contributed by atoms with van der Waals surface area (Å²) in [6.45, 7) is 2.29. The van der Waals surface area contributed by atoms with Crippen LogP contribution in [0.5, 0.6) is 0 Å². The number of unbranched alkanes of at least 4 members (excludes halogenated alkanes) is 7. The van der Waals surface area contributed by atoms with Gasteiger partial charge < -0.3 is 0 Å². The molecule has 1 aromatic carbocycles. The second-order valence-electron chi connectivity index (χ2n) is 4.98. The quantitative estimate of drug-likeness (QED) is 0.374. The number of hydrogen-bond donors (Lipinski definition) is 0. The largest absolute Gasteiger partial charge is 0.0679 e. The molecule has 0 radical (unpaired) electrons. The van der Waals surface area contributed by atoms with Gasteiger partial charge in [-0.2, -0.15) is 0 Å². The number of rotatable bonds is 11. The predicted molar refractivity (Wildman–Crippen MR) is 91.6 cm³/mol. The minimum absolute atomic E-state index is 0.671. The molecule has 0 aliphatic heterocycles. The van der Waals surface area contributed by atoms with E-state index < -0.39 is 0 Å². The van der Waals surface area contributed by atoms with Gasteiger partial charge in [-0.15, -0.1) is 0 Å². The second kappa shape index (κ2) is 12.1. The lowest BCUT2D eigenvalue weighted by atomic mass is 10.1. The van der Waals surface area contributed by atoms with Crippen molar-refractivity contribution in [1.82, 2.24) is 0 Å². The van der Waals surface area contributed by atoms with Crippen molar-refractivity contribution >= 4 is 21.8 Å². The number of hydrogen-bond acceptors (Lipinski definition) is 0. The fourth-order valence-corrected chi connectivity index (χ4v) is 5.69. The summed E-state index contributed by atoms with van der Waals surface area (Å²) in [4.78, 5) is 0. The lowest BCUT2D eigenvalue weighted by molar-refractivity contribution is 0.586. The summed E-state index contributed by atoms with van der Waals surface area (Å²) in [6, 6.07) is 11.0. The molecule has 0 saturated heterocycles. The Balaban J connectivity index is 1.82. The maximum atomic E-state index is 2.29. The Hall–Kier alpha value is 0.0800. The Labute approximate surface area is 117 Å². The van der Waals surface area contributed by atoms with Crippen LogP contribution in [0.15, 0.2) is 30.3 Å². The summed E-state index contributed by atoms with van der Waals surface area (Å²) in [7, 11) is 1.77. The normalized spacial score (nSPS) is 12.1. The Morgan fingerprint density at radius 1 is 0.833 bits per heavy atom. The average molecular weight is 283 g/mol. The Morgan fingerprint density at radius 2 is 1.44 bits per heavy atom. The molecule has 0 aliphatic rings. The standard InChI is InChI=1S/C16H28P2/c1-2-3-4-5-6-7-8-12-15-17-18-16-13-10-9-11-14-16/h9-11,13-14,17-18H,2-8,12,15H2,1H3/p+1. The Morgan fingerprint density at radius 3 is 2.11 bits per heavy atom. The van der Waals surface area contributed by atoms with E-state index in [0.717, 1.165) is 8.27 Å². The van der Waals surface area contributed by atoms with E-state index in [2.05, 4.69) is 37.3 Å². The van der Waals surface area contributed by atoms with Crippen LogP contribution in [-0.4, -0.2) is 6.16 Å². The SMILES string of the molecule is CCCCCCCCCC[PH2+]Pc1ccccc1. The first-order valence-electron chi connectivity index (χ1n) is 7.56. The summed E-state index contributed by atoms with van der Waals surface area (Å²) in [5.74, 6) is 0. The van der Waals surface area contributed by atoms with Gasteiger partial charge in [0.2, 0.25) is 0 Å². The highest BCUT2D eigenvalue weighted by molar-refractivity contribution is 8.15. The zero-order valence-electron chi connectivity index (χ0n) is 11.8. The Bertz CT molecular complexity index is 272. The molecule has 2 atom stereocenters. The summed E-state index contributed by atoms with van der Waals surface area (Å²) in [6.07, 6.45) is 13.1. The van der Waals surface area contributed by atoms with Crippen LogP contribution in [0.4, 0.5) is 0 Å². The van der Waals surface area contributed by atoms with Crippen LogP contribution < -0.4 is 5.30 Å². The van der Waals surface area contributed by atoms with Crippen LogP contribution in [0, 0.1) is 0 Å². The average Bonchev–Trinajstić information content (AvgIpc) is 2.42. The van der Waals surface area contributed by atoms with E-state index in [4.69, 9.17) is 0 Å². The highest BCUT2D eigenvalue weighted by Crippen LogP contribution is 2.36. The van der Waals surface area contributed by atoms with Gasteiger partial charge in [-0.05, 0) is 12.8 Å². The maximum Gasteiger partial charge on any atom is 0.0679 e. The molecule has 2 unspecified atom stereocenters. The third-order valence-corrected chi connectivity index (χ3v) is 7.29. The van der Waals surface area contributed by atoms with Crippen molar-refractivity contribution in [1.29, 1.82) is 0 Å². The molecule has 18 heavy (non-hydrogen) atoms. The monoisotopic (exact) mass is 283 g/mol. The van der Waals surface area contributed by atoms with Crippen molar-refractivity contribution in [3.8, 4) is 0 Å². The van der Waals surface area contributed by atoms with Crippen LogP contribution in [0.3, 0.4) is 0 Å². The molecule has 0 spiro atoms. The lowest BCUT2D eigenvalue weighted by Gasteiger charge is -2.00. The van der Waals surface area contributed by atoms with E-state index in [1.54, 1.807) is 5.30 Å². The van der Waals surface area contributed by atoms with Gasteiger partial charge in [-0.1, -0.05) is 75.8 Å². The minimum Gasteiger partial charge on any atom is -0.0654 e. The molecule has 1 aromatic rings. The number of benzene rings is 1. The first-order valence-corrected chi connectivity index (χ1v) is 11.2. The fraction of sp³-hybridized carbons (Fsp3) is 0.625. The van der Waals surface area contributed by atoms with Crippen molar-refractivity contribution in [2.45, 2.75) is 58.3 Å². The Kier molecular flexibility index (Phi) is 10.9. The predicted octanol–water partition coefficient (Wildman–Crippen LogP) is 5.46. The lowest BCUT2D eigenvalue weighted by Crippen LogP contribution is -1.88. The fourth-order valence-electron chi connectivity index (χ4n) is 2.10. The van der Waals surface area contributed by atoms with Crippen molar-refractivity contribution in [2.24, 2.45) is 0 Å². The van der Waals surface area contributed by atoms with Gasteiger partial charge >= 0.3 is 0 Å². The van der Waals surface area contributed by atoms with Gasteiger partial charge in [0.1, 0.15) is 0 Å². The van der Waals surface area contributed by atoms with Crippen LogP contribution in [0.2, 0.25) is 0 Å². The summed E-state index contributed by atoms with van der Waals surface area (Å²) in [5, 5.41) is 1.56. The van der Waals surface area contributed by atoms with E-state index in [1.807, 2.05) is 0 Å². The van der Waals surface area contributed by atoms with Crippen molar-refractivity contribution in [3.63, 3.8) is 0 Å². The van der Waals surface area contributed by atoms with Gasteiger partial charge in [0.15, 0.2) is 0 Å². The molecule has 0 aromatic heterocycles. The zero-order chi connectivity index (χ0) is 12.9. The second-order valence-corrected chi connectivity index (χ2v) is 8.92. The smallest absolute Gasteiger partial charge is 0.0654 e. The van der Waals surface area contributed by atoms with Crippen LogP contribution in [0.1, 0.15) is 58.3 Å². The molecule has 0 N–H and O–H groups in total. The molecule has 2 heteroatoms. The topological polar surface area (TPSA) is 0 Å².